The van der Waals surface area contributed by atoms with Gasteiger partial charge in [-0.1, -0.05) is 40.9 Å². The second-order valence-electron chi connectivity index (χ2n) is 5.69. The molecule has 8 heteroatoms. The van der Waals surface area contributed by atoms with Crippen molar-refractivity contribution in [2.75, 3.05) is 0 Å². The fraction of sp³-hybridized carbons (Fsp3) is 0.312. The Morgan fingerprint density at radius 2 is 2.17 bits per heavy atom. The molecule has 0 spiro atoms. The second kappa shape index (κ2) is 7.13. The molecule has 1 aliphatic rings. The third-order valence-electron chi connectivity index (χ3n) is 3.76. The van der Waals surface area contributed by atoms with Crippen molar-refractivity contribution in [3.8, 4) is 0 Å². The maximum absolute atomic E-state index is 11.6. The summed E-state index contributed by atoms with van der Waals surface area (Å²) in [6.45, 7) is 2.24. The summed E-state index contributed by atoms with van der Waals surface area (Å²) in [4.78, 5) is 11.6. The highest BCUT2D eigenvalue weighted by atomic mass is 35.5. The Morgan fingerprint density at radius 3 is 2.83 bits per heavy atom. The molecule has 0 saturated heterocycles. The van der Waals surface area contributed by atoms with Crippen LogP contribution in [0.25, 0.3) is 0 Å². The minimum Gasteiger partial charge on any atom is -0.273 e. The van der Waals surface area contributed by atoms with Gasteiger partial charge in [0.25, 0.3) is 0 Å². The first-order valence-electron chi connectivity index (χ1n) is 7.45. The van der Waals surface area contributed by atoms with Gasteiger partial charge in [0.15, 0.2) is 0 Å². The lowest BCUT2D eigenvalue weighted by Crippen LogP contribution is -2.19. The topological polar surface area (TPSA) is 59.3 Å². The lowest BCUT2D eigenvalue weighted by atomic mass is 10.2. The van der Waals surface area contributed by atoms with Gasteiger partial charge in [-0.15, -0.1) is 0 Å². The number of carbonyl (C=O) groups excluding carboxylic acids is 1. The Kier molecular flexibility index (Phi) is 5.13. The number of hydrogen-bond donors (Lipinski definition) is 1. The van der Waals surface area contributed by atoms with Crippen molar-refractivity contribution in [3.05, 3.63) is 50.2 Å². The third-order valence-corrected chi connectivity index (χ3v) is 4.75. The molecular weight excluding hydrogens is 371 g/mol. The van der Waals surface area contributed by atoms with Crippen LogP contribution < -0.4 is 5.43 Å². The first-order valence-corrected chi connectivity index (χ1v) is 8.59. The summed E-state index contributed by atoms with van der Waals surface area (Å²) < 4.78 is 1.63. The number of aromatic nitrogens is 2. The molecule has 1 heterocycles. The molecule has 0 aliphatic heterocycles. The lowest BCUT2D eigenvalue weighted by Gasteiger charge is -2.06. The fourth-order valence-corrected chi connectivity index (χ4v) is 2.98. The number of aryl methyl sites for hydroxylation is 1. The smallest absolute Gasteiger partial charge is 0.243 e. The molecule has 1 amide bonds. The van der Waals surface area contributed by atoms with Gasteiger partial charge in [-0.05, 0) is 37.5 Å². The first kappa shape index (κ1) is 17.3. The van der Waals surface area contributed by atoms with E-state index in [9.17, 15) is 4.79 Å². The summed E-state index contributed by atoms with van der Waals surface area (Å²) in [6.07, 6.45) is 3.38. The molecule has 1 aliphatic carbocycles. The third kappa shape index (κ3) is 3.91. The van der Waals surface area contributed by atoms with E-state index in [1.807, 2.05) is 13.0 Å². The van der Waals surface area contributed by atoms with Crippen LogP contribution in [-0.4, -0.2) is 21.9 Å². The molecular formula is C16H15Cl3N4O. The predicted octanol–water partition coefficient (Wildman–Crippen LogP) is 4.06. The van der Waals surface area contributed by atoms with E-state index in [1.165, 1.54) is 6.21 Å². The molecule has 1 fully saturated rings. The molecule has 1 aromatic carbocycles. The van der Waals surface area contributed by atoms with E-state index in [0.717, 1.165) is 24.1 Å². The minimum absolute atomic E-state index is 0.0552. The van der Waals surface area contributed by atoms with Crippen molar-refractivity contribution in [1.82, 2.24) is 15.2 Å². The second-order valence-corrected chi connectivity index (χ2v) is 6.89. The van der Waals surface area contributed by atoms with Crippen LogP contribution in [0, 0.1) is 12.8 Å². The van der Waals surface area contributed by atoms with E-state index in [2.05, 4.69) is 15.6 Å². The summed E-state index contributed by atoms with van der Waals surface area (Å²) in [7, 11) is 0. The van der Waals surface area contributed by atoms with Crippen molar-refractivity contribution in [2.24, 2.45) is 11.0 Å². The number of amides is 1. The maximum Gasteiger partial charge on any atom is 0.243 e. The highest BCUT2D eigenvalue weighted by Gasteiger charge is 2.29. The highest BCUT2D eigenvalue weighted by Crippen LogP contribution is 2.28. The Hall–Kier alpha value is -1.56. The van der Waals surface area contributed by atoms with Gasteiger partial charge < -0.3 is 0 Å². The Bertz CT molecular complexity index is 812. The zero-order valence-corrected chi connectivity index (χ0v) is 15.2. The molecule has 5 nitrogen and oxygen atoms in total. The van der Waals surface area contributed by atoms with Crippen molar-refractivity contribution in [3.63, 3.8) is 0 Å². The van der Waals surface area contributed by atoms with Gasteiger partial charge in [0.2, 0.25) is 5.91 Å². The number of halogens is 3. The molecule has 2 aromatic rings. The van der Waals surface area contributed by atoms with E-state index in [4.69, 9.17) is 34.8 Å². The average molecular weight is 386 g/mol. The van der Waals surface area contributed by atoms with Crippen LogP contribution in [0.15, 0.2) is 23.3 Å². The van der Waals surface area contributed by atoms with E-state index < -0.39 is 0 Å². The predicted molar refractivity (Wildman–Crippen MR) is 96.0 cm³/mol. The quantitative estimate of drug-likeness (QED) is 0.623. The van der Waals surface area contributed by atoms with Gasteiger partial charge in [0, 0.05) is 16.0 Å². The molecule has 3 rings (SSSR count). The molecule has 126 valence electrons. The van der Waals surface area contributed by atoms with Crippen LogP contribution in [0.2, 0.25) is 15.2 Å². The number of nitrogens with zero attached hydrogens (tertiary/aromatic N) is 3. The van der Waals surface area contributed by atoms with Crippen molar-refractivity contribution in [2.45, 2.75) is 26.3 Å². The molecule has 24 heavy (non-hydrogen) atoms. The average Bonchev–Trinajstić information content (AvgIpc) is 3.33. The minimum atomic E-state index is -0.0552. The van der Waals surface area contributed by atoms with Gasteiger partial charge in [0.1, 0.15) is 5.15 Å². The Labute approximate surface area is 154 Å². The van der Waals surface area contributed by atoms with Gasteiger partial charge in [0.05, 0.1) is 24.0 Å². The molecule has 0 unspecified atom stereocenters. The number of benzene rings is 1. The van der Waals surface area contributed by atoms with E-state index in [-0.39, 0.29) is 11.8 Å². The van der Waals surface area contributed by atoms with Crippen molar-refractivity contribution in [1.29, 1.82) is 0 Å². The lowest BCUT2D eigenvalue weighted by molar-refractivity contribution is -0.122. The van der Waals surface area contributed by atoms with E-state index in [0.29, 0.717) is 27.3 Å². The molecule has 1 N–H and O–H groups in total. The van der Waals surface area contributed by atoms with Crippen molar-refractivity contribution >= 4 is 46.9 Å². The summed E-state index contributed by atoms with van der Waals surface area (Å²) in [5.41, 5.74) is 4.76. The standard InChI is InChI=1S/C16H15Cl3N4O/c1-9-13(7-20-21-16(24)10-2-3-10)15(19)23(22-9)8-11-4-5-12(17)6-14(11)18/h4-7,10H,2-3,8H2,1H3,(H,21,24)/b20-7-. The van der Waals surface area contributed by atoms with E-state index >= 15 is 0 Å². The number of carbonyl (C=O) groups is 1. The zero-order valence-electron chi connectivity index (χ0n) is 12.9. The Morgan fingerprint density at radius 1 is 1.42 bits per heavy atom. The van der Waals surface area contributed by atoms with Crippen LogP contribution in [-0.2, 0) is 11.3 Å². The number of rotatable bonds is 5. The summed E-state index contributed by atoms with van der Waals surface area (Å²) in [5.74, 6) is 0.0499. The number of nitrogens with one attached hydrogen (secondary N) is 1. The summed E-state index contributed by atoms with van der Waals surface area (Å²) in [5, 5.41) is 9.93. The molecule has 1 saturated carbocycles. The molecule has 0 atom stereocenters. The Balaban J connectivity index is 1.75. The van der Waals surface area contributed by atoms with Crippen LogP contribution in [0.3, 0.4) is 0 Å². The van der Waals surface area contributed by atoms with Gasteiger partial charge in [-0.25, -0.2) is 10.1 Å². The SMILES string of the molecule is Cc1nn(Cc2ccc(Cl)cc2Cl)c(Cl)c1/C=N\NC(=O)C1CC1. The van der Waals surface area contributed by atoms with Gasteiger partial charge in [-0.2, -0.15) is 10.2 Å². The van der Waals surface area contributed by atoms with Gasteiger partial charge in [-0.3, -0.25) is 4.79 Å². The van der Waals surface area contributed by atoms with Crippen LogP contribution in [0.1, 0.15) is 29.7 Å². The summed E-state index contributed by atoms with van der Waals surface area (Å²) in [6, 6.07) is 5.28. The van der Waals surface area contributed by atoms with Crippen LogP contribution in [0.5, 0.6) is 0 Å². The van der Waals surface area contributed by atoms with Crippen LogP contribution in [0.4, 0.5) is 0 Å². The molecule has 0 radical (unpaired) electrons. The number of hydrazone groups is 1. The normalized spacial score (nSPS) is 14.3. The first-order chi connectivity index (χ1) is 11.5. The monoisotopic (exact) mass is 384 g/mol. The van der Waals surface area contributed by atoms with Crippen molar-refractivity contribution < 1.29 is 4.79 Å². The highest BCUT2D eigenvalue weighted by molar-refractivity contribution is 6.35. The van der Waals surface area contributed by atoms with E-state index in [1.54, 1.807) is 16.8 Å². The van der Waals surface area contributed by atoms with Crippen LogP contribution >= 0.6 is 34.8 Å². The summed E-state index contributed by atoms with van der Waals surface area (Å²) >= 11 is 18.5. The van der Waals surface area contributed by atoms with Gasteiger partial charge >= 0.3 is 0 Å². The molecule has 0 bridgehead atoms. The molecule has 1 aromatic heterocycles. The number of hydrogen-bond acceptors (Lipinski definition) is 3. The fourth-order valence-electron chi connectivity index (χ4n) is 2.23. The zero-order chi connectivity index (χ0) is 17.3. The maximum atomic E-state index is 11.6. The largest absolute Gasteiger partial charge is 0.273 e.